The maximum Gasteiger partial charge on any atom is 0.191 e. The average Bonchev–Trinajstić information content (AvgIpc) is 3.24. The number of rotatable bonds is 8. The molecule has 0 aliphatic rings. The van der Waals surface area contributed by atoms with Crippen molar-refractivity contribution in [1.82, 2.24) is 20.2 Å². The Labute approximate surface area is 167 Å². The molecule has 0 fully saturated rings. The Morgan fingerprint density at radius 3 is 2.46 bits per heavy atom. The van der Waals surface area contributed by atoms with Crippen molar-refractivity contribution in [3.63, 3.8) is 0 Å². The van der Waals surface area contributed by atoms with E-state index in [1.54, 1.807) is 6.20 Å². The summed E-state index contributed by atoms with van der Waals surface area (Å²) in [6.45, 7) is 7.49. The molecule has 1 heterocycles. The Hall–Kier alpha value is -3.08. The van der Waals surface area contributed by atoms with Crippen LogP contribution in [0, 0.1) is 0 Å². The summed E-state index contributed by atoms with van der Waals surface area (Å²) in [5.74, 6) is 1.28. The molecule has 3 rings (SSSR count). The predicted molar refractivity (Wildman–Crippen MR) is 115 cm³/mol. The molecule has 146 valence electrons. The number of aliphatic imine (C=N–C) groups is 1. The van der Waals surface area contributed by atoms with Crippen molar-refractivity contribution in [2.45, 2.75) is 32.9 Å². The van der Waals surface area contributed by atoms with Gasteiger partial charge in [0.15, 0.2) is 5.96 Å². The van der Waals surface area contributed by atoms with Gasteiger partial charge in [-0.15, -0.1) is 0 Å². The molecule has 0 bridgehead atoms. The molecule has 0 saturated heterocycles. The summed E-state index contributed by atoms with van der Waals surface area (Å²) in [5.41, 5.74) is 3.79. The summed E-state index contributed by atoms with van der Waals surface area (Å²) in [6.07, 6.45) is 5.61. The van der Waals surface area contributed by atoms with E-state index in [-0.39, 0.29) is 0 Å². The molecule has 1 atom stereocenters. The minimum atomic E-state index is 0.424. The van der Waals surface area contributed by atoms with E-state index in [9.17, 15) is 0 Å². The van der Waals surface area contributed by atoms with Gasteiger partial charge in [0.05, 0.1) is 12.9 Å². The first-order valence-electron chi connectivity index (χ1n) is 9.85. The molecule has 0 aliphatic heterocycles. The van der Waals surface area contributed by atoms with Crippen LogP contribution < -0.4 is 10.6 Å². The maximum atomic E-state index is 4.73. The van der Waals surface area contributed by atoms with Crippen molar-refractivity contribution < 1.29 is 0 Å². The van der Waals surface area contributed by atoms with Gasteiger partial charge in [-0.3, -0.25) is 0 Å². The topological polar surface area (TPSA) is 54.2 Å². The SMILES string of the molecule is CCNC(=NCc1ccc(Cn2ccnc2)cc1)NCC(C)c1ccccc1. The van der Waals surface area contributed by atoms with Crippen LogP contribution in [0.15, 0.2) is 78.3 Å². The van der Waals surface area contributed by atoms with Gasteiger partial charge in [-0.25, -0.2) is 9.98 Å². The van der Waals surface area contributed by atoms with Crippen molar-refractivity contribution >= 4 is 5.96 Å². The molecule has 5 nitrogen and oxygen atoms in total. The molecule has 0 saturated carbocycles. The first kappa shape index (κ1) is 19.7. The lowest BCUT2D eigenvalue weighted by molar-refractivity contribution is 0.699. The lowest BCUT2D eigenvalue weighted by Gasteiger charge is -2.16. The molecule has 0 amide bonds. The fourth-order valence-electron chi connectivity index (χ4n) is 3.00. The summed E-state index contributed by atoms with van der Waals surface area (Å²) in [7, 11) is 0. The summed E-state index contributed by atoms with van der Waals surface area (Å²) in [6, 6.07) is 19.2. The van der Waals surface area contributed by atoms with Gasteiger partial charge in [0.2, 0.25) is 0 Å². The number of hydrogen-bond donors (Lipinski definition) is 2. The highest BCUT2D eigenvalue weighted by molar-refractivity contribution is 5.79. The van der Waals surface area contributed by atoms with Crippen LogP contribution in [-0.2, 0) is 13.1 Å². The van der Waals surface area contributed by atoms with E-state index in [1.807, 2.05) is 12.5 Å². The van der Waals surface area contributed by atoms with Crippen LogP contribution >= 0.6 is 0 Å². The molecule has 1 aromatic heterocycles. The van der Waals surface area contributed by atoms with Crippen molar-refractivity contribution in [1.29, 1.82) is 0 Å². The van der Waals surface area contributed by atoms with Crippen molar-refractivity contribution in [2.75, 3.05) is 13.1 Å². The van der Waals surface area contributed by atoms with Crippen molar-refractivity contribution in [3.8, 4) is 0 Å². The zero-order valence-corrected chi connectivity index (χ0v) is 16.7. The standard InChI is InChI=1S/C23H29N5/c1-3-25-23(26-15-19(2)22-7-5-4-6-8-22)27-16-20-9-11-21(12-10-20)17-28-14-13-24-18-28/h4-14,18-19H,3,15-17H2,1-2H3,(H2,25,26,27). The Balaban J connectivity index is 1.54. The number of imidazole rings is 1. The molecule has 28 heavy (non-hydrogen) atoms. The number of nitrogens with one attached hydrogen (secondary N) is 2. The average molecular weight is 376 g/mol. The highest BCUT2D eigenvalue weighted by Gasteiger charge is 2.06. The van der Waals surface area contributed by atoms with Gasteiger partial charge in [0.25, 0.3) is 0 Å². The van der Waals surface area contributed by atoms with Gasteiger partial charge >= 0.3 is 0 Å². The Morgan fingerprint density at radius 2 is 1.79 bits per heavy atom. The van der Waals surface area contributed by atoms with Crippen LogP contribution in [0.5, 0.6) is 0 Å². The molecule has 2 aromatic carbocycles. The van der Waals surface area contributed by atoms with Gasteiger partial charge in [-0.1, -0.05) is 61.5 Å². The quantitative estimate of drug-likeness (QED) is 0.465. The lowest BCUT2D eigenvalue weighted by Crippen LogP contribution is -2.39. The number of aromatic nitrogens is 2. The second kappa shape index (κ2) is 10.3. The summed E-state index contributed by atoms with van der Waals surface area (Å²) in [5, 5.41) is 6.79. The molecular weight excluding hydrogens is 346 g/mol. The van der Waals surface area contributed by atoms with E-state index in [0.717, 1.165) is 25.6 Å². The highest BCUT2D eigenvalue weighted by Crippen LogP contribution is 2.13. The highest BCUT2D eigenvalue weighted by atomic mass is 15.2. The van der Waals surface area contributed by atoms with E-state index in [0.29, 0.717) is 12.5 Å². The lowest BCUT2D eigenvalue weighted by atomic mass is 10.0. The Kier molecular flexibility index (Phi) is 7.24. The van der Waals surface area contributed by atoms with Gasteiger partial charge in [0, 0.05) is 32.0 Å². The third-order valence-corrected chi connectivity index (χ3v) is 4.66. The van der Waals surface area contributed by atoms with Gasteiger partial charge in [0.1, 0.15) is 0 Å². The normalized spacial score (nSPS) is 12.6. The number of guanidine groups is 1. The zero-order chi connectivity index (χ0) is 19.6. The van der Waals surface area contributed by atoms with E-state index in [4.69, 9.17) is 4.99 Å². The third-order valence-electron chi connectivity index (χ3n) is 4.66. The third kappa shape index (κ3) is 5.98. The van der Waals surface area contributed by atoms with Gasteiger partial charge < -0.3 is 15.2 Å². The minimum Gasteiger partial charge on any atom is -0.357 e. The second-order valence-corrected chi connectivity index (χ2v) is 6.94. The monoisotopic (exact) mass is 375 g/mol. The van der Waals surface area contributed by atoms with Crippen LogP contribution in [0.1, 0.15) is 36.5 Å². The molecule has 5 heteroatoms. The van der Waals surface area contributed by atoms with Crippen LogP contribution in [0.4, 0.5) is 0 Å². The molecule has 2 N–H and O–H groups in total. The summed E-state index contributed by atoms with van der Waals surface area (Å²) < 4.78 is 2.06. The molecular formula is C23H29N5. The van der Waals surface area contributed by atoms with Gasteiger partial charge in [-0.05, 0) is 29.5 Å². The van der Waals surface area contributed by atoms with E-state index >= 15 is 0 Å². The first-order chi connectivity index (χ1) is 13.7. The first-order valence-corrected chi connectivity index (χ1v) is 9.85. The van der Waals surface area contributed by atoms with Crippen molar-refractivity contribution in [3.05, 3.63) is 90.0 Å². The summed E-state index contributed by atoms with van der Waals surface area (Å²) in [4.78, 5) is 8.82. The maximum absolute atomic E-state index is 4.73. The number of benzene rings is 2. The van der Waals surface area contributed by atoms with Crippen LogP contribution in [0.3, 0.4) is 0 Å². The molecule has 3 aromatic rings. The molecule has 0 radical (unpaired) electrons. The molecule has 0 aliphatic carbocycles. The van der Waals surface area contributed by atoms with E-state index < -0.39 is 0 Å². The van der Waals surface area contributed by atoms with Crippen LogP contribution in [0.2, 0.25) is 0 Å². The van der Waals surface area contributed by atoms with Crippen LogP contribution in [-0.4, -0.2) is 28.6 Å². The fourth-order valence-corrected chi connectivity index (χ4v) is 3.00. The second-order valence-electron chi connectivity index (χ2n) is 6.94. The smallest absolute Gasteiger partial charge is 0.191 e. The Bertz CT molecular complexity index is 838. The minimum absolute atomic E-state index is 0.424. The van der Waals surface area contributed by atoms with Gasteiger partial charge in [-0.2, -0.15) is 0 Å². The predicted octanol–water partition coefficient (Wildman–Crippen LogP) is 3.79. The molecule has 1 unspecified atom stereocenters. The fraction of sp³-hybridized carbons (Fsp3) is 0.304. The largest absolute Gasteiger partial charge is 0.357 e. The Morgan fingerprint density at radius 1 is 1.04 bits per heavy atom. The van der Waals surface area contributed by atoms with E-state index in [2.05, 4.69) is 88.6 Å². The number of hydrogen-bond acceptors (Lipinski definition) is 2. The summed E-state index contributed by atoms with van der Waals surface area (Å²) >= 11 is 0. The van der Waals surface area contributed by atoms with Crippen LogP contribution in [0.25, 0.3) is 0 Å². The van der Waals surface area contributed by atoms with Crippen molar-refractivity contribution in [2.24, 2.45) is 4.99 Å². The van der Waals surface area contributed by atoms with E-state index in [1.165, 1.54) is 16.7 Å². The molecule has 0 spiro atoms. The zero-order valence-electron chi connectivity index (χ0n) is 16.7. The number of nitrogens with zero attached hydrogens (tertiary/aromatic N) is 3.